The number of hydrogen-bond donors (Lipinski definition) is 0. The fraction of sp³-hybridized carbons (Fsp3) is 0.107. The Morgan fingerprint density at radius 3 is 1.63 bits per heavy atom. The van der Waals surface area contributed by atoms with Gasteiger partial charge in [0.25, 0.3) is 0 Å². The molecule has 148 valence electrons. The number of halogens is 1. The molecule has 0 saturated heterocycles. The van der Waals surface area contributed by atoms with E-state index in [4.69, 9.17) is 4.99 Å². The van der Waals surface area contributed by atoms with Crippen LogP contribution in [0.2, 0.25) is 0 Å². The molecule has 0 aliphatic heterocycles. The molecule has 0 bridgehead atoms. The summed E-state index contributed by atoms with van der Waals surface area (Å²) in [7, 11) is 0. The van der Waals surface area contributed by atoms with Gasteiger partial charge < -0.3 is 0 Å². The molecule has 0 aliphatic rings. The summed E-state index contributed by atoms with van der Waals surface area (Å²) in [6.07, 6.45) is 0. The lowest BCUT2D eigenvalue weighted by molar-refractivity contribution is 0.549. The van der Waals surface area contributed by atoms with Gasteiger partial charge in [0, 0.05) is 16.5 Å². The van der Waals surface area contributed by atoms with E-state index in [-0.39, 0.29) is 5.82 Å². The van der Waals surface area contributed by atoms with Crippen molar-refractivity contribution in [2.45, 2.75) is 19.3 Å². The van der Waals surface area contributed by atoms with Crippen molar-refractivity contribution in [3.8, 4) is 0 Å². The molecular weight excluding hydrogens is 369 g/mol. The van der Waals surface area contributed by atoms with Gasteiger partial charge in [-0.3, -0.25) is 0 Å². The Labute approximate surface area is 177 Å². The lowest BCUT2D eigenvalue weighted by Crippen LogP contribution is -2.21. The molecule has 2 heteroatoms. The normalized spacial score (nSPS) is 11.2. The number of para-hydroxylation sites is 1. The van der Waals surface area contributed by atoms with Crippen molar-refractivity contribution in [1.82, 2.24) is 0 Å². The molecule has 0 saturated carbocycles. The highest BCUT2D eigenvalue weighted by molar-refractivity contribution is 6.14. The van der Waals surface area contributed by atoms with E-state index in [1.807, 2.05) is 86.6 Å². The third-order valence-electron chi connectivity index (χ3n) is 5.45. The van der Waals surface area contributed by atoms with E-state index in [2.05, 4.69) is 24.3 Å². The average molecular weight is 394 g/mol. The first-order valence-electron chi connectivity index (χ1n) is 10.1. The fourth-order valence-corrected chi connectivity index (χ4v) is 3.82. The van der Waals surface area contributed by atoms with Crippen LogP contribution in [-0.4, -0.2) is 5.71 Å². The maximum absolute atomic E-state index is 14.7. The molecule has 0 heterocycles. The Hall–Kier alpha value is -3.52. The standard InChI is InChI=1S/C28H24FN/c1-28(2,23-17-9-11-19-25(23)29)24-18-10-12-20-26(24)30-27(21-13-5-3-6-14-21)22-15-7-4-8-16-22/h3-20H,1-2H3. The zero-order valence-electron chi connectivity index (χ0n) is 17.2. The van der Waals surface area contributed by atoms with E-state index < -0.39 is 5.41 Å². The molecule has 0 fully saturated rings. The second-order valence-electron chi connectivity index (χ2n) is 7.81. The van der Waals surface area contributed by atoms with Gasteiger partial charge >= 0.3 is 0 Å². The third kappa shape index (κ3) is 3.95. The molecule has 4 rings (SSSR count). The van der Waals surface area contributed by atoms with Gasteiger partial charge in [0.1, 0.15) is 5.82 Å². The zero-order valence-corrected chi connectivity index (χ0v) is 17.2. The van der Waals surface area contributed by atoms with Gasteiger partial charge in [0.2, 0.25) is 0 Å². The summed E-state index contributed by atoms with van der Waals surface area (Å²) in [5.74, 6) is -0.201. The van der Waals surface area contributed by atoms with Crippen LogP contribution < -0.4 is 0 Å². The van der Waals surface area contributed by atoms with Crippen LogP contribution in [0.1, 0.15) is 36.1 Å². The first-order valence-corrected chi connectivity index (χ1v) is 10.1. The van der Waals surface area contributed by atoms with Crippen molar-refractivity contribution >= 4 is 11.4 Å². The summed E-state index contributed by atoms with van der Waals surface area (Å²) >= 11 is 0. The largest absolute Gasteiger partial charge is 0.247 e. The summed E-state index contributed by atoms with van der Waals surface area (Å²) in [5, 5.41) is 0. The van der Waals surface area contributed by atoms with Crippen LogP contribution in [0, 0.1) is 5.82 Å². The van der Waals surface area contributed by atoms with E-state index in [1.54, 1.807) is 6.07 Å². The summed E-state index contributed by atoms with van der Waals surface area (Å²) in [6, 6.07) is 35.3. The molecule has 1 nitrogen and oxygen atoms in total. The topological polar surface area (TPSA) is 12.4 Å². The minimum atomic E-state index is -0.538. The zero-order chi connectivity index (χ0) is 21.0. The van der Waals surface area contributed by atoms with E-state index in [9.17, 15) is 4.39 Å². The van der Waals surface area contributed by atoms with Crippen molar-refractivity contribution in [1.29, 1.82) is 0 Å². The molecule has 30 heavy (non-hydrogen) atoms. The van der Waals surface area contributed by atoms with Gasteiger partial charge in [-0.1, -0.05) is 111 Å². The molecule has 4 aromatic rings. The molecule has 4 aromatic carbocycles. The van der Waals surface area contributed by atoms with Crippen LogP contribution in [0.5, 0.6) is 0 Å². The third-order valence-corrected chi connectivity index (χ3v) is 5.45. The highest BCUT2D eigenvalue weighted by Gasteiger charge is 2.28. The van der Waals surface area contributed by atoms with Crippen LogP contribution in [-0.2, 0) is 5.41 Å². The Balaban J connectivity index is 1.90. The molecular formula is C28H24FN. The molecule has 0 spiro atoms. The van der Waals surface area contributed by atoms with E-state index in [1.165, 1.54) is 6.07 Å². The fourth-order valence-electron chi connectivity index (χ4n) is 3.82. The summed E-state index contributed by atoms with van der Waals surface area (Å²) in [6.45, 7) is 4.09. The predicted octanol–water partition coefficient (Wildman–Crippen LogP) is 7.32. The number of hydrogen-bond acceptors (Lipinski definition) is 1. The summed E-state index contributed by atoms with van der Waals surface area (Å²) in [5.41, 5.74) is 4.93. The summed E-state index contributed by atoms with van der Waals surface area (Å²) in [4.78, 5) is 5.11. The quantitative estimate of drug-likeness (QED) is 0.315. The van der Waals surface area contributed by atoms with Crippen LogP contribution in [0.15, 0.2) is 114 Å². The lowest BCUT2D eigenvalue weighted by Gasteiger charge is -2.28. The van der Waals surface area contributed by atoms with Gasteiger partial charge in [-0.25, -0.2) is 9.38 Å². The maximum Gasteiger partial charge on any atom is 0.127 e. The monoisotopic (exact) mass is 393 g/mol. The van der Waals surface area contributed by atoms with Crippen LogP contribution in [0.4, 0.5) is 10.1 Å². The SMILES string of the molecule is CC(C)(c1ccccc1F)c1ccccc1N=C(c1ccccc1)c1ccccc1. The number of benzene rings is 4. The Morgan fingerprint density at radius 2 is 1.07 bits per heavy atom. The molecule has 0 aromatic heterocycles. The summed E-state index contributed by atoms with van der Waals surface area (Å²) < 4.78 is 14.7. The number of aliphatic imine (C=N–C) groups is 1. The smallest absolute Gasteiger partial charge is 0.127 e. The molecule has 0 atom stereocenters. The average Bonchev–Trinajstić information content (AvgIpc) is 2.79. The van der Waals surface area contributed by atoms with Gasteiger partial charge in [-0.15, -0.1) is 0 Å². The highest BCUT2D eigenvalue weighted by Crippen LogP contribution is 2.38. The van der Waals surface area contributed by atoms with Crippen LogP contribution in [0.25, 0.3) is 0 Å². The van der Waals surface area contributed by atoms with Crippen LogP contribution in [0.3, 0.4) is 0 Å². The van der Waals surface area contributed by atoms with Crippen molar-refractivity contribution in [3.05, 3.63) is 137 Å². The molecule has 0 N–H and O–H groups in total. The minimum absolute atomic E-state index is 0.201. The van der Waals surface area contributed by atoms with E-state index >= 15 is 0 Å². The van der Waals surface area contributed by atoms with Gasteiger partial charge in [-0.2, -0.15) is 0 Å². The van der Waals surface area contributed by atoms with E-state index in [0.29, 0.717) is 5.56 Å². The molecule has 0 aliphatic carbocycles. The van der Waals surface area contributed by atoms with E-state index in [0.717, 1.165) is 28.1 Å². The van der Waals surface area contributed by atoms with Crippen molar-refractivity contribution in [2.24, 2.45) is 4.99 Å². The van der Waals surface area contributed by atoms with Crippen molar-refractivity contribution in [3.63, 3.8) is 0 Å². The van der Waals surface area contributed by atoms with Crippen LogP contribution >= 0.6 is 0 Å². The van der Waals surface area contributed by atoms with Crippen molar-refractivity contribution < 1.29 is 4.39 Å². The van der Waals surface area contributed by atoms with Crippen molar-refractivity contribution in [2.75, 3.05) is 0 Å². The lowest BCUT2D eigenvalue weighted by atomic mass is 9.77. The van der Waals surface area contributed by atoms with Gasteiger partial charge in [0.05, 0.1) is 11.4 Å². The first kappa shape index (κ1) is 19.8. The minimum Gasteiger partial charge on any atom is -0.247 e. The second-order valence-corrected chi connectivity index (χ2v) is 7.81. The first-order chi connectivity index (χ1) is 14.6. The molecule has 0 unspecified atom stereocenters. The predicted molar refractivity (Wildman–Crippen MR) is 123 cm³/mol. The number of rotatable bonds is 5. The number of nitrogens with zero attached hydrogens (tertiary/aromatic N) is 1. The van der Waals surface area contributed by atoms with Gasteiger partial charge in [-0.05, 0) is 23.3 Å². The highest BCUT2D eigenvalue weighted by atomic mass is 19.1. The Bertz CT molecular complexity index is 1120. The Kier molecular flexibility index (Phi) is 5.58. The van der Waals surface area contributed by atoms with Gasteiger partial charge in [0.15, 0.2) is 0 Å². The Morgan fingerprint density at radius 1 is 0.600 bits per heavy atom. The maximum atomic E-state index is 14.7. The molecule has 0 radical (unpaired) electrons. The molecule has 0 amide bonds. The second kappa shape index (κ2) is 8.46.